The molecule has 1 amide bonds. The van der Waals surface area contributed by atoms with E-state index in [4.69, 9.17) is 21.1 Å². The van der Waals surface area contributed by atoms with Crippen molar-refractivity contribution in [3.8, 4) is 11.5 Å². The van der Waals surface area contributed by atoms with Gasteiger partial charge in [0.25, 0.3) is 5.91 Å². The molecule has 0 saturated heterocycles. The van der Waals surface area contributed by atoms with E-state index >= 15 is 0 Å². The van der Waals surface area contributed by atoms with Gasteiger partial charge in [0.05, 0.1) is 13.2 Å². The number of halogens is 1. The molecule has 0 aromatic heterocycles. The minimum Gasteiger partial charge on any atom is -0.490 e. The summed E-state index contributed by atoms with van der Waals surface area (Å²) in [5.74, 6) is 1.10. The lowest BCUT2D eigenvalue weighted by molar-refractivity contribution is 0.102. The molecule has 0 unspecified atom stereocenters. The van der Waals surface area contributed by atoms with Crippen LogP contribution in [0.3, 0.4) is 0 Å². The van der Waals surface area contributed by atoms with Crippen molar-refractivity contribution >= 4 is 23.2 Å². The molecule has 4 nitrogen and oxygen atoms in total. The lowest BCUT2D eigenvalue weighted by Crippen LogP contribution is -2.14. The Kier molecular flexibility index (Phi) is 4.44. The lowest BCUT2D eigenvalue weighted by atomic mass is 10.1. The molecule has 0 spiro atoms. The highest BCUT2D eigenvalue weighted by Crippen LogP contribution is 2.33. The average molecular weight is 332 g/mol. The summed E-state index contributed by atoms with van der Waals surface area (Å²) >= 11 is 6.10. The van der Waals surface area contributed by atoms with Crippen LogP contribution in [0.2, 0.25) is 5.02 Å². The van der Waals surface area contributed by atoms with Crippen LogP contribution in [0.25, 0.3) is 0 Å². The van der Waals surface area contributed by atoms with Crippen LogP contribution < -0.4 is 14.8 Å². The Labute approximate surface area is 140 Å². The molecule has 5 heteroatoms. The summed E-state index contributed by atoms with van der Waals surface area (Å²) in [6.45, 7) is 5.01. The Morgan fingerprint density at radius 3 is 2.43 bits per heavy atom. The van der Waals surface area contributed by atoms with E-state index in [2.05, 4.69) is 5.32 Å². The smallest absolute Gasteiger partial charge is 0.256 e. The average Bonchev–Trinajstić information content (AvgIpc) is 2.74. The zero-order valence-electron chi connectivity index (χ0n) is 13.1. The van der Waals surface area contributed by atoms with Gasteiger partial charge in [0.1, 0.15) is 0 Å². The lowest BCUT2D eigenvalue weighted by Gasteiger charge is -2.13. The molecule has 23 heavy (non-hydrogen) atoms. The molecule has 1 aliphatic heterocycles. The van der Waals surface area contributed by atoms with Crippen LogP contribution in [-0.2, 0) is 0 Å². The predicted molar refractivity (Wildman–Crippen MR) is 90.9 cm³/mol. The van der Waals surface area contributed by atoms with Crippen molar-refractivity contribution in [3.63, 3.8) is 0 Å². The molecule has 1 aliphatic rings. The maximum atomic E-state index is 12.6. The maximum Gasteiger partial charge on any atom is 0.256 e. The SMILES string of the molecule is Cc1ccc(NC(=O)c2cc3c(cc2C)OCCCO3)cc1Cl. The van der Waals surface area contributed by atoms with Crippen LogP contribution in [0.15, 0.2) is 30.3 Å². The first-order valence-corrected chi connectivity index (χ1v) is 7.90. The first kappa shape index (κ1) is 15.7. The minimum absolute atomic E-state index is 0.196. The number of rotatable bonds is 2. The van der Waals surface area contributed by atoms with E-state index < -0.39 is 0 Å². The summed E-state index contributed by atoms with van der Waals surface area (Å²) in [6.07, 6.45) is 0.830. The second kappa shape index (κ2) is 6.50. The third-order valence-electron chi connectivity index (χ3n) is 3.77. The topological polar surface area (TPSA) is 47.6 Å². The van der Waals surface area contributed by atoms with Gasteiger partial charge in [0.15, 0.2) is 11.5 Å². The Hall–Kier alpha value is -2.20. The van der Waals surface area contributed by atoms with Gasteiger partial charge in [-0.2, -0.15) is 0 Å². The van der Waals surface area contributed by atoms with Crippen LogP contribution in [0.5, 0.6) is 11.5 Å². The summed E-state index contributed by atoms with van der Waals surface area (Å²) in [7, 11) is 0. The molecule has 2 aromatic rings. The van der Waals surface area contributed by atoms with Crippen LogP contribution in [0.1, 0.15) is 27.9 Å². The summed E-state index contributed by atoms with van der Waals surface area (Å²) in [6, 6.07) is 9.03. The van der Waals surface area contributed by atoms with E-state index in [1.807, 2.05) is 32.0 Å². The van der Waals surface area contributed by atoms with Crippen molar-refractivity contribution in [2.75, 3.05) is 18.5 Å². The van der Waals surface area contributed by atoms with E-state index in [1.165, 1.54) is 0 Å². The molecule has 3 rings (SSSR count). The zero-order valence-corrected chi connectivity index (χ0v) is 13.9. The predicted octanol–water partition coefficient (Wildman–Crippen LogP) is 4.37. The Bertz CT molecular complexity index is 758. The Balaban J connectivity index is 1.87. The zero-order chi connectivity index (χ0) is 16.4. The fraction of sp³-hybridized carbons (Fsp3) is 0.278. The highest BCUT2D eigenvalue weighted by Gasteiger charge is 2.17. The van der Waals surface area contributed by atoms with Gasteiger partial charge in [-0.15, -0.1) is 0 Å². The second-order valence-corrected chi connectivity index (χ2v) is 5.99. The molecular formula is C18H18ClNO3. The van der Waals surface area contributed by atoms with Gasteiger partial charge in [-0.3, -0.25) is 4.79 Å². The van der Waals surface area contributed by atoms with Crippen molar-refractivity contribution in [1.29, 1.82) is 0 Å². The van der Waals surface area contributed by atoms with Gasteiger partial charge in [-0.05, 0) is 49.2 Å². The number of aryl methyl sites for hydroxylation is 2. The molecule has 0 fully saturated rings. The summed E-state index contributed by atoms with van der Waals surface area (Å²) in [4.78, 5) is 12.6. The fourth-order valence-electron chi connectivity index (χ4n) is 2.42. The first-order valence-electron chi connectivity index (χ1n) is 7.52. The van der Waals surface area contributed by atoms with Gasteiger partial charge in [0, 0.05) is 22.7 Å². The number of carbonyl (C=O) groups excluding carboxylic acids is 1. The number of ether oxygens (including phenoxy) is 2. The normalized spacial score (nSPS) is 13.3. The molecule has 1 N–H and O–H groups in total. The third kappa shape index (κ3) is 3.42. The van der Waals surface area contributed by atoms with E-state index in [1.54, 1.807) is 12.1 Å². The molecule has 120 valence electrons. The molecule has 0 saturated carbocycles. The van der Waals surface area contributed by atoms with Crippen molar-refractivity contribution in [3.05, 3.63) is 52.0 Å². The van der Waals surface area contributed by atoms with Crippen molar-refractivity contribution < 1.29 is 14.3 Å². The number of anilines is 1. The van der Waals surface area contributed by atoms with Crippen molar-refractivity contribution in [2.24, 2.45) is 0 Å². The van der Waals surface area contributed by atoms with Gasteiger partial charge in [-0.25, -0.2) is 0 Å². The van der Waals surface area contributed by atoms with Crippen LogP contribution >= 0.6 is 11.6 Å². The molecule has 0 atom stereocenters. The summed E-state index contributed by atoms with van der Waals surface area (Å²) in [5.41, 5.74) is 3.03. The molecular weight excluding hydrogens is 314 g/mol. The van der Waals surface area contributed by atoms with Crippen LogP contribution in [0, 0.1) is 13.8 Å². The number of fused-ring (bicyclic) bond motifs is 1. The number of amides is 1. The van der Waals surface area contributed by atoms with E-state index in [0.717, 1.165) is 17.5 Å². The number of hydrogen-bond donors (Lipinski definition) is 1. The highest BCUT2D eigenvalue weighted by molar-refractivity contribution is 6.31. The third-order valence-corrected chi connectivity index (χ3v) is 4.18. The van der Waals surface area contributed by atoms with Gasteiger partial charge in [-0.1, -0.05) is 17.7 Å². The van der Waals surface area contributed by atoms with Crippen molar-refractivity contribution in [1.82, 2.24) is 0 Å². The summed E-state index contributed by atoms with van der Waals surface area (Å²) in [5, 5.41) is 3.49. The van der Waals surface area contributed by atoms with Crippen LogP contribution in [-0.4, -0.2) is 19.1 Å². The Morgan fingerprint density at radius 2 is 1.74 bits per heavy atom. The largest absolute Gasteiger partial charge is 0.490 e. The monoisotopic (exact) mass is 331 g/mol. The van der Waals surface area contributed by atoms with E-state index in [9.17, 15) is 4.79 Å². The number of nitrogens with one attached hydrogen (secondary N) is 1. The molecule has 1 heterocycles. The minimum atomic E-state index is -0.196. The fourth-order valence-corrected chi connectivity index (χ4v) is 2.60. The number of carbonyl (C=O) groups is 1. The summed E-state index contributed by atoms with van der Waals surface area (Å²) < 4.78 is 11.3. The maximum absolute atomic E-state index is 12.6. The van der Waals surface area contributed by atoms with Gasteiger partial charge in [0.2, 0.25) is 0 Å². The van der Waals surface area contributed by atoms with Crippen LogP contribution in [0.4, 0.5) is 5.69 Å². The standard InChI is InChI=1S/C18H18ClNO3/c1-11-4-5-13(9-15(11)19)20-18(21)14-10-17-16(8-12(14)2)22-6-3-7-23-17/h4-5,8-10H,3,6-7H2,1-2H3,(H,20,21). The van der Waals surface area contributed by atoms with Gasteiger partial charge < -0.3 is 14.8 Å². The first-order chi connectivity index (χ1) is 11.0. The molecule has 0 aliphatic carbocycles. The highest BCUT2D eigenvalue weighted by atomic mass is 35.5. The second-order valence-electron chi connectivity index (χ2n) is 5.58. The number of benzene rings is 2. The van der Waals surface area contributed by atoms with E-state index in [0.29, 0.717) is 41.0 Å². The Morgan fingerprint density at radius 1 is 1.04 bits per heavy atom. The molecule has 0 radical (unpaired) electrons. The molecule has 2 aromatic carbocycles. The number of hydrogen-bond acceptors (Lipinski definition) is 3. The van der Waals surface area contributed by atoms with Crippen molar-refractivity contribution in [2.45, 2.75) is 20.3 Å². The van der Waals surface area contributed by atoms with E-state index in [-0.39, 0.29) is 5.91 Å². The quantitative estimate of drug-likeness (QED) is 0.888. The molecule has 0 bridgehead atoms. The van der Waals surface area contributed by atoms with Gasteiger partial charge >= 0.3 is 0 Å².